The average molecular weight is 383 g/mol. The van der Waals surface area contributed by atoms with Crippen molar-refractivity contribution in [3.63, 3.8) is 0 Å². The van der Waals surface area contributed by atoms with Crippen LogP contribution in [0.3, 0.4) is 0 Å². The van der Waals surface area contributed by atoms with Gasteiger partial charge in [0.1, 0.15) is 11.2 Å². The first-order valence-corrected chi connectivity index (χ1v) is 9.09. The highest BCUT2D eigenvalue weighted by atomic mass is 16.5. The minimum Gasteiger partial charge on any atom is -0.497 e. The topological polar surface area (TPSA) is 92.7 Å². The quantitative estimate of drug-likeness (QED) is 0.615. The lowest BCUT2D eigenvalue weighted by molar-refractivity contribution is -0.143. The molecule has 0 spiro atoms. The summed E-state index contributed by atoms with van der Waals surface area (Å²) < 4.78 is 5.06. The maximum absolute atomic E-state index is 12.2. The molecule has 148 valence electrons. The summed E-state index contributed by atoms with van der Waals surface area (Å²) in [6.45, 7) is 1.57. The standard InChI is InChI=1S/C22H25NO5/c1-22(21(26)27,17-7-4-3-5-8-17)15-23-20(25)10-6-9-19(24)16-11-13-18(28-2)14-12-16/h3-5,7-8,11-14H,6,9-10,15H2,1-2H3,(H,23,25)(H,26,27). The van der Waals surface area contributed by atoms with Crippen molar-refractivity contribution in [1.29, 1.82) is 0 Å². The molecule has 6 heteroatoms. The van der Waals surface area contributed by atoms with E-state index >= 15 is 0 Å². The number of ketones is 1. The SMILES string of the molecule is COc1ccc(C(=O)CCCC(=O)NCC(C)(C(=O)O)c2ccccc2)cc1. The molecule has 0 aromatic heterocycles. The van der Waals surface area contributed by atoms with Gasteiger partial charge in [-0.05, 0) is 43.2 Å². The van der Waals surface area contributed by atoms with Crippen LogP contribution in [0.15, 0.2) is 54.6 Å². The van der Waals surface area contributed by atoms with Crippen LogP contribution in [-0.4, -0.2) is 36.4 Å². The Balaban J connectivity index is 1.83. The van der Waals surface area contributed by atoms with E-state index in [1.54, 1.807) is 62.6 Å². The second-order valence-corrected chi connectivity index (χ2v) is 6.79. The molecular formula is C22H25NO5. The van der Waals surface area contributed by atoms with Gasteiger partial charge in [0.15, 0.2) is 5.78 Å². The molecular weight excluding hydrogens is 358 g/mol. The number of nitrogens with one attached hydrogen (secondary N) is 1. The molecule has 0 aliphatic rings. The lowest BCUT2D eigenvalue weighted by atomic mass is 9.82. The first-order chi connectivity index (χ1) is 13.4. The molecule has 1 unspecified atom stereocenters. The first-order valence-electron chi connectivity index (χ1n) is 9.09. The summed E-state index contributed by atoms with van der Waals surface area (Å²) in [5.41, 5.74) is -0.0169. The molecule has 0 fully saturated rings. The summed E-state index contributed by atoms with van der Waals surface area (Å²) in [5, 5.41) is 12.3. The molecule has 0 bridgehead atoms. The van der Waals surface area contributed by atoms with Gasteiger partial charge in [-0.25, -0.2) is 0 Å². The Bertz CT molecular complexity index is 817. The number of Topliss-reactive ketones (excluding diaryl/α,β-unsaturated/α-hetero) is 1. The van der Waals surface area contributed by atoms with Crippen molar-refractivity contribution < 1.29 is 24.2 Å². The van der Waals surface area contributed by atoms with Crippen LogP contribution in [-0.2, 0) is 15.0 Å². The van der Waals surface area contributed by atoms with E-state index in [4.69, 9.17) is 4.74 Å². The predicted octanol–water partition coefficient (Wildman–Crippen LogP) is 3.21. The van der Waals surface area contributed by atoms with Gasteiger partial charge < -0.3 is 15.2 Å². The Kier molecular flexibility index (Phi) is 7.32. The predicted molar refractivity (Wildman–Crippen MR) is 106 cm³/mol. The maximum Gasteiger partial charge on any atom is 0.315 e. The fourth-order valence-corrected chi connectivity index (χ4v) is 2.80. The normalized spacial score (nSPS) is 12.6. The number of rotatable bonds is 10. The zero-order chi connectivity index (χ0) is 20.6. The number of aliphatic carboxylic acids is 1. The molecule has 0 aliphatic heterocycles. The van der Waals surface area contributed by atoms with Crippen LogP contribution in [0.25, 0.3) is 0 Å². The highest BCUT2D eigenvalue weighted by Crippen LogP contribution is 2.23. The number of ether oxygens (including phenoxy) is 1. The number of carbonyl (C=O) groups is 3. The van der Waals surface area contributed by atoms with Crippen molar-refractivity contribution in [3.05, 3.63) is 65.7 Å². The fourth-order valence-electron chi connectivity index (χ4n) is 2.80. The molecule has 28 heavy (non-hydrogen) atoms. The molecule has 6 nitrogen and oxygen atoms in total. The van der Waals surface area contributed by atoms with E-state index in [1.807, 2.05) is 6.07 Å². The zero-order valence-electron chi connectivity index (χ0n) is 16.1. The molecule has 0 radical (unpaired) electrons. The van der Waals surface area contributed by atoms with Crippen LogP contribution in [0.5, 0.6) is 5.75 Å². The Morgan fingerprint density at radius 3 is 2.21 bits per heavy atom. The molecule has 0 aliphatic carbocycles. The molecule has 0 heterocycles. The van der Waals surface area contributed by atoms with Crippen LogP contribution in [0.1, 0.15) is 42.1 Å². The van der Waals surface area contributed by atoms with E-state index in [-0.39, 0.29) is 31.1 Å². The van der Waals surface area contributed by atoms with E-state index in [9.17, 15) is 19.5 Å². The minimum absolute atomic E-state index is 0.0163. The van der Waals surface area contributed by atoms with Gasteiger partial charge in [0.2, 0.25) is 5.91 Å². The number of carboxylic acid groups (broad SMARTS) is 1. The molecule has 0 saturated carbocycles. The summed E-state index contributed by atoms with van der Waals surface area (Å²) >= 11 is 0. The van der Waals surface area contributed by atoms with E-state index in [0.29, 0.717) is 23.3 Å². The number of carbonyl (C=O) groups excluding carboxylic acids is 2. The summed E-state index contributed by atoms with van der Waals surface area (Å²) in [7, 11) is 1.56. The first kappa shape index (κ1) is 21.2. The number of methoxy groups -OCH3 is 1. The number of carboxylic acids is 1. The molecule has 1 amide bonds. The van der Waals surface area contributed by atoms with Crippen LogP contribution in [0.4, 0.5) is 0 Å². The smallest absolute Gasteiger partial charge is 0.315 e. The summed E-state index contributed by atoms with van der Waals surface area (Å²) in [6.07, 6.45) is 0.798. The third kappa shape index (κ3) is 5.42. The van der Waals surface area contributed by atoms with Gasteiger partial charge in [-0.1, -0.05) is 30.3 Å². The molecule has 0 saturated heterocycles. The number of amides is 1. The summed E-state index contributed by atoms with van der Waals surface area (Å²) in [5.74, 6) is -0.648. The van der Waals surface area contributed by atoms with E-state index in [2.05, 4.69) is 5.32 Å². The molecule has 2 N–H and O–H groups in total. The third-order valence-electron chi connectivity index (χ3n) is 4.74. The lowest BCUT2D eigenvalue weighted by Crippen LogP contribution is -2.44. The van der Waals surface area contributed by atoms with Crippen LogP contribution in [0.2, 0.25) is 0 Å². The van der Waals surface area contributed by atoms with Crippen molar-refractivity contribution in [2.75, 3.05) is 13.7 Å². The van der Waals surface area contributed by atoms with Gasteiger partial charge in [-0.15, -0.1) is 0 Å². The van der Waals surface area contributed by atoms with Gasteiger partial charge in [0.05, 0.1) is 7.11 Å². The Labute approximate surface area is 164 Å². The highest BCUT2D eigenvalue weighted by molar-refractivity contribution is 5.96. The maximum atomic E-state index is 12.2. The number of benzene rings is 2. The second kappa shape index (κ2) is 9.69. The van der Waals surface area contributed by atoms with E-state index in [1.165, 1.54) is 0 Å². The van der Waals surface area contributed by atoms with Crippen LogP contribution in [0, 0.1) is 0 Å². The number of hydrogen-bond acceptors (Lipinski definition) is 4. The lowest BCUT2D eigenvalue weighted by Gasteiger charge is -2.25. The second-order valence-electron chi connectivity index (χ2n) is 6.79. The van der Waals surface area contributed by atoms with Gasteiger partial charge in [-0.2, -0.15) is 0 Å². The Morgan fingerprint density at radius 2 is 1.64 bits per heavy atom. The third-order valence-corrected chi connectivity index (χ3v) is 4.74. The van der Waals surface area contributed by atoms with E-state index in [0.717, 1.165) is 0 Å². The Morgan fingerprint density at radius 1 is 1.00 bits per heavy atom. The monoisotopic (exact) mass is 383 g/mol. The Hall–Kier alpha value is -3.15. The van der Waals surface area contributed by atoms with E-state index < -0.39 is 11.4 Å². The molecule has 2 aromatic carbocycles. The molecule has 2 aromatic rings. The summed E-state index contributed by atoms with van der Waals surface area (Å²) in [6, 6.07) is 15.6. The minimum atomic E-state index is -1.21. The van der Waals surface area contributed by atoms with Gasteiger partial charge in [0.25, 0.3) is 0 Å². The highest BCUT2D eigenvalue weighted by Gasteiger charge is 2.35. The fraction of sp³-hybridized carbons (Fsp3) is 0.318. The van der Waals surface area contributed by atoms with Crippen molar-refractivity contribution in [2.45, 2.75) is 31.6 Å². The largest absolute Gasteiger partial charge is 0.497 e. The van der Waals surface area contributed by atoms with Crippen molar-refractivity contribution in [1.82, 2.24) is 5.32 Å². The van der Waals surface area contributed by atoms with Gasteiger partial charge >= 0.3 is 5.97 Å². The number of hydrogen-bond donors (Lipinski definition) is 2. The van der Waals surface area contributed by atoms with Crippen LogP contribution < -0.4 is 10.1 Å². The molecule has 1 atom stereocenters. The average Bonchev–Trinajstić information content (AvgIpc) is 2.72. The zero-order valence-corrected chi connectivity index (χ0v) is 16.1. The summed E-state index contributed by atoms with van der Waals surface area (Å²) in [4.78, 5) is 36.0. The molecule has 2 rings (SSSR count). The van der Waals surface area contributed by atoms with Gasteiger partial charge in [0, 0.05) is 24.9 Å². The van der Waals surface area contributed by atoms with Crippen LogP contribution >= 0.6 is 0 Å². The van der Waals surface area contributed by atoms with Crippen molar-refractivity contribution in [2.24, 2.45) is 0 Å². The van der Waals surface area contributed by atoms with Gasteiger partial charge in [-0.3, -0.25) is 14.4 Å². The van der Waals surface area contributed by atoms with Crippen molar-refractivity contribution >= 4 is 17.7 Å². The van der Waals surface area contributed by atoms with Crippen molar-refractivity contribution in [3.8, 4) is 5.75 Å².